The third-order valence-corrected chi connectivity index (χ3v) is 4.72. The quantitative estimate of drug-likeness (QED) is 0.709. The summed E-state index contributed by atoms with van der Waals surface area (Å²) in [4.78, 5) is 12.4. The summed E-state index contributed by atoms with van der Waals surface area (Å²) in [7, 11) is 0. The van der Waals surface area contributed by atoms with Crippen molar-refractivity contribution in [3.05, 3.63) is 64.9 Å². The van der Waals surface area contributed by atoms with Gasteiger partial charge in [0.1, 0.15) is 13.2 Å². The highest BCUT2D eigenvalue weighted by Gasteiger charge is 2.16. The minimum atomic E-state index is -0.103. The molecule has 0 unspecified atom stereocenters. The molecule has 1 aromatic heterocycles. The van der Waals surface area contributed by atoms with Crippen LogP contribution in [-0.4, -0.2) is 28.9 Å². The molecule has 7 heteroatoms. The number of anilines is 1. The summed E-state index contributed by atoms with van der Waals surface area (Å²) in [5, 5.41) is 7.09. The summed E-state index contributed by atoms with van der Waals surface area (Å²) < 4.78 is 13.7. The number of hydrogen-bond donors (Lipinski definition) is 1. The van der Waals surface area contributed by atoms with E-state index in [0.29, 0.717) is 24.7 Å². The highest BCUT2D eigenvalue weighted by atomic mass is 79.9. The van der Waals surface area contributed by atoms with E-state index in [1.807, 2.05) is 48.7 Å². The van der Waals surface area contributed by atoms with E-state index in [-0.39, 0.29) is 12.3 Å². The Bertz CT molecular complexity index is 924. The molecule has 1 aliphatic rings. The van der Waals surface area contributed by atoms with Crippen molar-refractivity contribution < 1.29 is 14.3 Å². The predicted octanol–water partition coefficient (Wildman–Crippen LogP) is 3.59. The molecule has 0 fully saturated rings. The summed E-state index contributed by atoms with van der Waals surface area (Å²) in [6.45, 7) is 1.05. The van der Waals surface area contributed by atoms with Crippen LogP contribution in [-0.2, 0) is 11.2 Å². The van der Waals surface area contributed by atoms with Crippen LogP contribution in [0, 0.1) is 0 Å². The number of halogens is 1. The largest absolute Gasteiger partial charge is 0.486 e. The molecule has 6 nitrogen and oxygen atoms in total. The van der Waals surface area contributed by atoms with Crippen LogP contribution >= 0.6 is 15.9 Å². The van der Waals surface area contributed by atoms with E-state index in [4.69, 9.17) is 9.47 Å². The molecule has 0 spiro atoms. The molecule has 26 heavy (non-hydrogen) atoms. The van der Waals surface area contributed by atoms with Crippen molar-refractivity contribution in [1.82, 2.24) is 9.78 Å². The first-order valence-electron chi connectivity index (χ1n) is 8.17. The predicted molar refractivity (Wildman–Crippen MR) is 101 cm³/mol. The highest BCUT2D eigenvalue weighted by molar-refractivity contribution is 9.10. The number of amides is 1. The Kier molecular flexibility index (Phi) is 4.62. The van der Waals surface area contributed by atoms with Crippen molar-refractivity contribution in [2.75, 3.05) is 18.5 Å². The van der Waals surface area contributed by atoms with Gasteiger partial charge >= 0.3 is 0 Å². The number of benzene rings is 2. The molecule has 1 amide bonds. The van der Waals surface area contributed by atoms with Gasteiger partial charge in [0.2, 0.25) is 5.91 Å². The van der Waals surface area contributed by atoms with Gasteiger partial charge in [0, 0.05) is 22.6 Å². The fourth-order valence-corrected chi connectivity index (χ4v) is 3.20. The second-order valence-corrected chi connectivity index (χ2v) is 6.66. The summed E-state index contributed by atoms with van der Waals surface area (Å²) in [6.07, 6.45) is 3.83. The smallest absolute Gasteiger partial charge is 0.228 e. The summed E-state index contributed by atoms with van der Waals surface area (Å²) in [5.41, 5.74) is 2.52. The summed E-state index contributed by atoms with van der Waals surface area (Å²) >= 11 is 3.50. The van der Waals surface area contributed by atoms with Crippen molar-refractivity contribution in [3.8, 4) is 17.2 Å². The third-order valence-electron chi connectivity index (χ3n) is 3.98. The Hall–Kier alpha value is -2.80. The third kappa shape index (κ3) is 3.57. The maximum atomic E-state index is 12.4. The lowest BCUT2D eigenvalue weighted by molar-refractivity contribution is -0.115. The Morgan fingerprint density at radius 2 is 1.88 bits per heavy atom. The standard InChI is InChI=1S/C19H16BrN3O3/c20-16-12-18-17(25-8-9-26-18)10-13(16)11-19(24)22-14-2-4-15(5-3-14)23-7-1-6-21-23/h1-7,10,12H,8-9,11H2,(H,22,24). The number of nitrogens with one attached hydrogen (secondary N) is 1. The van der Waals surface area contributed by atoms with Crippen LogP contribution in [0.3, 0.4) is 0 Å². The van der Waals surface area contributed by atoms with Gasteiger partial charge in [-0.05, 0) is 48.0 Å². The van der Waals surface area contributed by atoms with Gasteiger partial charge in [-0.3, -0.25) is 4.79 Å². The van der Waals surface area contributed by atoms with E-state index in [1.54, 1.807) is 10.9 Å². The second kappa shape index (κ2) is 7.21. The lowest BCUT2D eigenvalue weighted by Gasteiger charge is -2.19. The number of aromatic nitrogens is 2. The topological polar surface area (TPSA) is 65.4 Å². The van der Waals surface area contributed by atoms with Crippen molar-refractivity contribution in [2.24, 2.45) is 0 Å². The van der Waals surface area contributed by atoms with Crippen molar-refractivity contribution in [3.63, 3.8) is 0 Å². The number of hydrogen-bond acceptors (Lipinski definition) is 4. The molecule has 3 aromatic rings. The molecule has 2 heterocycles. The maximum absolute atomic E-state index is 12.4. The molecule has 0 saturated carbocycles. The zero-order chi connectivity index (χ0) is 17.9. The van der Waals surface area contributed by atoms with Crippen molar-refractivity contribution in [1.29, 1.82) is 0 Å². The summed E-state index contributed by atoms with van der Waals surface area (Å²) in [5.74, 6) is 1.27. The van der Waals surface area contributed by atoms with Gasteiger partial charge in [-0.2, -0.15) is 5.10 Å². The van der Waals surface area contributed by atoms with Crippen LogP contribution in [0.25, 0.3) is 5.69 Å². The van der Waals surface area contributed by atoms with Gasteiger partial charge in [-0.15, -0.1) is 0 Å². The van der Waals surface area contributed by atoms with Crippen LogP contribution in [0.2, 0.25) is 0 Å². The van der Waals surface area contributed by atoms with Crippen molar-refractivity contribution in [2.45, 2.75) is 6.42 Å². The first kappa shape index (κ1) is 16.7. The Morgan fingerprint density at radius 3 is 2.58 bits per heavy atom. The second-order valence-electron chi connectivity index (χ2n) is 5.81. The Labute approximate surface area is 158 Å². The lowest BCUT2D eigenvalue weighted by Crippen LogP contribution is -2.17. The van der Waals surface area contributed by atoms with Crippen molar-refractivity contribution >= 4 is 27.5 Å². The molecule has 0 radical (unpaired) electrons. The molecule has 1 aliphatic heterocycles. The first-order chi connectivity index (χ1) is 12.7. The van der Waals surface area contributed by atoms with Crippen LogP contribution in [0.15, 0.2) is 59.3 Å². The van der Waals surface area contributed by atoms with E-state index in [0.717, 1.165) is 21.4 Å². The summed E-state index contributed by atoms with van der Waals surface area (Å²) in [6, 6.07) is 13.1. The first-order valence-corrected chi connectivity index (χ1v) is 8.96. The molecule has 0 aliphatic carbocycles. The number of fused-ring (bicyclic) bond motifs is 1. The van der Waals surface area contributed by atoms with E-state index in [9.17, 15) is 4.79 Å². The van der Waals surface area contributed by atoms with E-state index >= 15 is 0 Å². The maximum Gasteiger partial charge on any atom is 0.228 e. The molecule has 0 atom stereocenters. The molecular formula is C19H16BrN3O3. The van der Waals surface area contributed by atoms with Gasteiger partial charge in [0.15, 0.2) is 11.5 Å². The molecule has 132 valence electrons. The Balaban J connectivity index is 1.44. The van der Waals surface area contributed by atoms with Crippen LogP contribution in [0.4, 0.5) is 5.69 Å². The minimum Gasteiger partial charge on any atom is -0.486 e. The number of rotatable bonds is 4. The zero-order valence-corrected chi connectivity index (χ0v) is 15.4. The van der Waals surface area contributed by atoms with Gasteiger partial charge < -0.3 is 14.8 Å². The fourth-order valence-electron chi connectivity index (χ4n) is 2.74. The molecular weight excluding hydrogens is 398 g/mol. The number of carbonyl (C=O) groups is 1. The minimum absolute atomic E-state index is 0.103. The molecule has 1 N–H and O–H groups in total. The monoisotopic (exact) mass is 413 g/mol. The van der Waals surface area contributed by atoms with E-state index in [2.05, 4.69) is 26.3 Å². The lowest BCUT2D eigenvalue weighted by atomic mass is 10.1. The number of nitrogens with zero attached hydrogens (tertiary/aromatic N) is 2. The van der Waals surface area contributed by atoms with Gasteiger partial charge in [0.25, 0.3) is 0 Å². The van der Waals surface area contributed by atoms with E-state index < -0.39 is 0 Å². The van der Waals surface area contributed by atoms with E-state index in [1.165, 1.54) is 0 Å². The van der Waals surface area contributed by atoms with Crippen LogP contribution < -0.4 is 14.8 Å². The fraction of sp³-hybridized carbons (Fsp3) is 0.158. The van der Waals surface area contributed by atoms with Crippen LogP contribution in [0.5, 0.6) is 11.5 Å². The average molecular weight is 414 g/mol. The normalized spacial score (nSPS) is 12.7. The molecule has 4 rings (SSSR count). The van der Waals surface area contributed by atoms with Crippen LogP contribution in [0.1, 0.15) is 5.56 Å². The number of ether oxygens (including phenoxy) is 2. The van der Waals surface area contributed by atoms with Gasteiger partial charge in [-0.1, -0.05) is 15.9 Å². The Morgan fingerprint density at radius 1 is 1.15 bits per heavy atom. The van der Waals surface area contributed by atoms with Gasteiger partial charge in [-0.25, -0.2) is 4.68 Å². The average Bonchev–Trinajstić information content (AvgIpc) is 3.17. The highest BCUT2D eigenvalue weighted by Crippen LogP contribution is 2.35. The SMILES string of the molecule is O=C(Cc1cc2c(cc1Br)OCCO2)Nc1ccc(-n2cccn2)cc1. The molecule has 0 bridgehead atoms. The molecule has 2 aromatic carbocycles. The zero-order valence-electron chi connectivity index (χ0n) is 13.8. The number of carbonyl (C=O) groups excluding carboxylic acids is 1. The van der Waals surface area contributed by atoms with Gasteiger partial charge in [0.05, 0.1) is 12.1 Å². The molecule has 0 saturated heterocycles.